The van der Waals surface area contributed by atoms with Crippen molar-refractivity contribution >= 4 is 33.3 Å². The Balaban J connectivity index is 2.11. The Kier molecular flexibility index (Phi) is 4.85. The summed E-state index contributed by atoms with van der Waals surface area (Å²) in [7, 11) is 0. The quantitative estimate of drug-likeness (QED) is 0.650. The van der Waals surface area contributed by atoms with Gasteiger partial charge >= 0.3 is 0 Å². The summed E-state index contributed by atoms with van der Waals surface area (Å²) in [4.78, 5) is 13.1. The van der Waals surface area contributed by atoms with Crippen molar-refractivity contribution in [3.05, 3.63) is 51.4 Å². The van der Waals surface area contributed by atoms with E-state index in [1.54, 1.807) is 0 Å². The van der Waals surface area contributed by atoms with Crippen LogP contribution in [0.2, 0.25) is 5.02 Å². The van der Waals surface area contributed by atoms with E-state index in [1.165, 1.54) is 19.3 Å². The van der Waals surface area contributed by atoms with Gasteiger partial charge in [0.2, 0.25) is 0 Å². The van der Waals surface area contributed by atoms with E-state index >= 15 is 0 Å². The largest absolute Gasteiger partial charge is 0.267 e. The molecule has 0 amide bonds. The zero-order valence-electron chi connectivity index (χ0n) is 10.2. The van der Waals surface area contributed by atoms with Crippen LogP contribution in [0.1, 0.15) is 18.6 Å². The van der Waals surface area contributed by atoms with Crippen LogP contribution in [0.4, 0.5) is 14.6 Å². The summed E-state index contributed by atoms with van der Waals surface area (Å²) in [6.07, 6.45) is 2.07. The minimum atomic E-state index is -0.816. The second kappa shape index (κ2) is 6.43. The van der Waals surface area contributed by atoms with E-state index in [-0.39, 0.29) is 10.6 Å². The highest BCUT2D eigenvalue weighted by Gasteiger charge is 2.19. The first kappa shape index (κ1) is 15.1. The number of hydrogen-bond acceptors (Lipinski definition) is 4. The molecule has 1 atom stereocenters. The number of hydrogen-bond donors (Lipinski definition) is 1. The van der Waals surface area contributed by atoms with E-state index in [2.05, 4.69) is 31.4 Å². The van der Waals surface area contributed by atoms with Crippen molar-refractivity contribution < 1.29 is 13.6 Å². The zero-order valence-corrected chi connectivity index (χ0v) is 12.5. The van der Waals surface area contributed by atoms with Gasteiger partial charge in [-0.25, -0.2) is 24.2 Å². The SMILES string of the molecule is CC(ONc1cnc(Br)cn1)c1c(F)ccc(F)c1Cl. The van der Waals surface area contributed by atoms with Crippen LogP contribution in [0.3, 0.4) is 0 Å². The van der Waals surface area contributed by atoms with Crippen LogP contribution in [-0.2, 0) is 4.84 Å². The minimum Gasteiger partial charge on any atom is -0.267 e. The lowest BCUT2D eigenvalue weighted by molar-refractivity contribution is 0.111. The number of nitrogens with zero attached hydrogens (tertiary/aromatic N) is 2. The molecule has 1 aromatic heterocycles. The van der Waals surface area contributed by atoms with Crippen molar-refractivity contribution in [1.29, 1.82) is 0 Å². The molecule has 8 heteroatoms. The van der Waals surface area contributed by atoms with Gasteiger partial charge in [-0.3, -0.25) is 4.84 Å². The predicted molar refractivity (Wildman–Crippen MR) is 74.2 cm³/mol. The molecule has 20 heavy (non-hydrogen) atoms. The van der Waals surface area contributed by atoms with Gasteiger partial charge in [-0.15, -0.1) is 0 Å². The molecule has 1 unspecified atom stereocenters. The summed E-state index contributed by atoms with van der Waals surface area (Å²) in [5, 5.41) is -0.304. The van der Waals surface area contributed by atoms with E-state index < -0.39 is 17.7 Å². The first-order chi connectivity index (χ1) is 9.49. The summed E-state index contributed by atoms with van der Waals surface area (Å²) in [5.41, 5.74) is 2.44. The Morgan fingerprint density at radius 2 is 1.95 bits per heavy atom. The summed E-state index contributed by atoms with van der Waals surface area (Å²) in [5.74, 6) is -1.03. The number of rotatable bonds is 4. The van der Waals surface area contributed by atoms with Crippen LogP contribution in [0.25, 0.3) is 0 Å². The maximum atomic E-state index is 13.7. The van der Waals surface area contributed by atoms with Crippen molar-refractivity contribution in [3.63, 3.8) is 0 Å². The van der Waals surface area contributed by atoms with Gasteiger partial charge in [-0.05, 0) is 35.0 Å². The predicted octanol–water partition coefficient (Wildman–Crippen LogP) is 4.28. The van der Waals surface area contributed by atoms with E-state index in [0.717, 1.165) is 12.1 Å². The van der Waals surface area contributed by atoms with Gasteiger partial charge in [0.25, 0.3) is 0 Å². The van der Waals surface area contributed by atoms with Crippen molar-refractivity contribution in [1.82, 2.24) is 9.97 Å². The Bertz CT molecular complexity index is 612. The van der Waals surface area contributed by atoms with Gasteiger partial charge in [-0.1, -0.05) is 11.6 Å². The van der Waals surface area contributed by atoms with E-state index in [1.807, 2.05) is 0 Å². The van der Waals surface area contributed by atoms with Crippen molar-refractivity contribution in [3.8, 4) is 0 Å². The van der Waals surface area contributed by atoms with Gasteiger partial charge in [0, 0.05) is 5.56 Å². The van der Waals surface area contributed by atoms with E-state index in [4.69, 9.17) is 16.4 Å². The third kappa shape index (κ3) is 3.41. The molecule has 2 aromatic rings. The normalized spacial score (nSPS) is 12.2. The molecule has 4 nitrogen and oxygen atoms in total. The molecule has 0 spiro atoms. The lowest BCUT2D eigenvalue weighted by Crippen LogP contribution is -2.10. The van der Waals surface area contributed by atoms with Gasteiger partial charge in [0.05, 0.1) is 17.4 Å². The molecular formula is C12H9BrClF2N3O. The van der Waals surface area contributed by atoms with E-state index in [0.29, 0.717) is 10.4 Å². The second-order valence-corrected chi connectivity index (χ2v) is 5.03. The Hall–Kier alpha value is -1.31. The standard InChI is InChI=1S/C12H9BrClF2N3O/c1-6(11-7(15)2-3-8(16)12(11)14)20-19-10-5-17-9(13)4-18-10/h2-6H,1H3,(H,18,19). The topological polar surface area (TPSA) is 47.0 Å². The average Bonchev–Trinajstić information content (AvgIpc) is 2.43. The fourth-order valence-electron chi connectivity index (χ4n) is 1.49. The van der Waals surface area contributed by atoms with Crippen LogP contribution in [-0.4, -0.2) is 9.97 Å². The summed E-state index contributed by atoms with van der Waals surface area (Å²) >= 11 is 8.88. The van der Waals surface area contributed by atoms with Gasteiger partial charge < -0.3 is 0 Å². The lowest BCUT2D eigenvalue weighted by atomic mass is 10.1. The fourth-order valence-corrected chi connectivity index (χ4v) is 2.00. The Morgan fingerprint density at radius 3 is 2.60 bits per heavy atom. The third-order valence-electron chi connectivity index (χ3n) is 2.45. The molecule has 1 aromatic carbocycles. The molecule has 0 radical (unpaired) electrons. The Morgan fingerprint density at radius 1 is 1.25 bits per heavy atom. The van der Waals surface area contributed by atoms with Crippen LogP contribution in [0.5, 0.6) is 0 Å². The Labute approximate surface area is 127 Å². The van der Waals surface area contributed by atoms with Crippen LogP contribution in [0.15, 0.2) is 29.1 Å². The highest BCUT2D eigenvalue weighted by atomic mass is 79.9. The average molecular weight is 365 g/mol. The number of anilines is 1. The van der Waals surface area contributed by atoms with Crippen LogP contribution < -0.4 is 5.48 Å². The van der Waals surface area contributed by atoms with Gasteiger partial charge in [0.15, 0.2) is 5.82 Å². The molecule has 0 bridgehead atoms. The third-order valence-corrected chi connectivity index (χ3v) is 3.24. The number of benzene rings is 1. The summed E-state index contributed by atoms with van der Waals surface area (Å²) in [6, 6.07) is 1.96. The molecular weight excluding hydrogens is 356 g/mol. The molecule has 0 saturated heterocycles. The summed E-state index contributed by atoms with van der Waals surface area (Å²) in [6.45, 7) is 1.53. The zero-order chi connectivity index (χ0) is 14.7. The summed E-state index contributed by atoms with van der Waals surface area (Å²) < 4.78 is 27.6. The van der Waals surface area contributed by atoms with E-state index in [9.17, 15) is 8.78 Å². The van der Waals surface area contributed by atoms with Crippen LogP contribution in [0, 0.1) is 11.6 Å². The number of halogens is 4. The van der Waals surface area contributed by atoms with Crippen molar-refractivity contribution in [2.75, 3.05) is 5.48 Å². The van der Waals surface area contributed by atoms with Crippen molar-refractivity contribution in [2.45, 2.75) is 13.0 Å². The molecule has 1 N–H and O–H groups in total. The fraction of sp³-hybridized carbons (Fsp3) is 0.167. The van der Waals surface area contributed by atoms with Crippen molar-refractivity contribution in [2.24, 2.45) is 0 Å². The molecule has 0 aliphatic heterocycles. The molecule has 106 valence electrons. The molecule has 0 aliphatic rings. The molecule has 0 aliphatic carbocycles. The highest BCUT2D eigenvalue weighted by molar-refractivity contribution is 9.10. The first-order valence-corrected chi connectivity index (χ1v) is 6.68. The smallest absolute Gasteiger partial charge is 0.168 e. The molecule has 0 fully saturated rings. The van der Waals surface area contributed by atoms with Gasteiger partial charge in [0.1, 0.15) is 22.3 Å². The maximum absolute atomic E-state index is 13.7. The molecule has 1 heterocycles. The van der Waals surface area contributed by atoms with Gasteiger partial charge in [-0.2, -0.15) is 0 Å². The first-order valence-electron chi connectivity index (χ1n) is 5.51. The number of nitrogens with one attached hydrogen (secondary N) is 1. The monoisotopic (exact) mass is 363 g/mol. The minimum absolute atomic E-state index is 0.0655. The second-order valence-electron chi connectivity index (χ2n) is 3.84. The van der Waals surface area contributed by atoms with Crippen LogP contribution >= 0.6 is 27.5 Å². The molecule has 0 saturated carbocycles. The highest BCUT2D eigenvalue weighted by Crippen LogP contribution is 2.30. The lowest BCUT2D eigenvalue weighted by Gasteiger charge is -2.16. The maximum Gasteiger partial charge on any atom is 0.168 e. The number of aromatic nitrogens is 2. The molecule has 2 rings (SSSR count).